The van der Waals surface area contributed by atoms with Crippen LogP contribution in [0.1, 0.15) is 55.4 Å². The molecule has 2 amide bonds. The Labute approximate surface area is 183 Å². The highest BCUT2D eigenvalue weighted by Crippen LogP contribution is 2.22. The number of nitrogens with one attached hydrogen (secondary N) is 1. The van der Waals surface area contributed by atoms with Crippen LogP contribution in [-0.4, -0.2) is 46.7 Å². The number of carbonyl (C=O) groups excluding carboxylic acids is 2. The number of ether oxygens (including phenoxy) is 2. The third-order valence-corrected chi connectivity index (χ3v) is 4.99. The predicted molar refractivity (Wildman–Crippen MR) is 120 cm³/mol. The number of anilines is 1. The third-order valence-electron chi connectivity index (χ3n) is 4.99. The van der Waals surface area contributed by atoms with Crippen LogP contribution in [0.4, 0.5) is 10.5 Å². The second-order valence-corrected chi connectivity index (χ2v) is 8.85. The summed E-state index contributed by atoms with van der Waals surface area (Å²) in [7, 11) is 0. The number of piperidine rings is 1. The molecule has 1 aromatic carbocycles. The number of pyridine rings is 1. The molecule has 31 heavy (non-hydrogen) atoms. The average molecular weight is 426 g/mol. The average Bonchev–Trinajstić information content (AvgIpc) is 2.70. The molecule has 0 bridgehead atoms. The molecule has 0 aliphatic carbocycles. The van der Waals surface area contributed by atoms with Gasteiger partial charge in [-0.05, 0) is 71.0 Å². The van der Waals surface area contributed by atoms with E-state index in [1.54, 1.807) is 29.2 Å². The van der Waals surface area contributed by atoms with Crippen LogP contribution in [-0.2, 0) is 4.74 Å². The molecule has 0 saturated carbocycles. The van der Waals surface area contributed by atoms with Crippen LogP contribution in [0.3, 0.4) is 0 Å². The number of hydrogen-bond donors (Lipinski definition) is 1. The fourth-order valence-electron chi connectivity index (χ4n) is 3.37. The van der Waals surface area contributed by atoms with E-state index in [-0.39, 0.29) is 18.1 Å². The van der Waals surface area contributed by atoms with Gasteiger partial charge in [-0.1, -0.05) is 0 Å². The SMILES string of the molecule is Cc1ccc(NC(=O)c2ccc(OC3CCN(C(=O)OC(C)(C)C)CC3)cc2)c(C)n1. The number of aromatic nitrogens is 1. The maximum absolute atomic E-state index is 12.5. The van der Waals surface area contributed by atoms with Gasteiger partial charge in [0.05, 0.1) is 11.4 Å². The van der Waals surface area contributed by atoms with E-state index in [9.17, 15) is 9.59 Å². The first-order valence-electron chi connectivity index (χ1n) is 10.6. The van der Waals surface area contributed by atoms with Gasteiger partial charge >= 0.3 is 6.09 Å². The number of carbonyl (C=O) groups is 2. The molecule has 7 nitrogen and oxygen atoms in total. The van der Waals surface area contributed by atoms with Gasteiger partial charge in [-0.3, -0.25) is 9.78 Å². The lowest BCUT2D eigenvalue weighted by atomic mass is 10.1. The van der Waals surface area contributed by atoms with Gasteiger partial charge in [0.1, 0.15) is 17.5 Å². The number of amides is 2. The molecule has 1 aliphatic heterocycles. The lowest BCUT2D eigenvalue weighted by Gasteiger charge is -2.33. The van der Waals surface area contributed by atoms with Crippen molar-refractivity contribution >= 4 is 17.7 Å². The van der Waals surface area contributed by atoms with Gasteiger partial charge in [0.15, 0.2) is 0 Å². The van der Waals surface area contributed by atoms with Crippen molar-refractivity contribution in [2.75, 3.05) is 18.4 Å². The van der Waals surface area contributed by atoms with E-state index in [1.807, 2.05) is 46.8 Å². The number of rotatable bonds is 4. The van der Waals surface area contributed by atoms with Gasteiger partial charge in [-0.25, -0.2) is 4.79 Å². The maximum Gasteiger partial charge on any atom is 0.410 e. The number of hydrogen-bond acceptors (Lipinski definition) is 5. The Balaban J connectivity index is 1.51. The van der Waals surface area contributed by atoms with Gasteiger partial charge in [-0.15, -0.1) is 0 Å². The molecule has 0 atom stereocenters. The van der Waals surface area contributed by atoms with E-state index in [0.717, 1.165) is 24.2 Å². The Morgan fingerprint density at radius 1 is 1.03 bits per heavy atom. The van der Waals surface area contributed by atoms with Gasteiger partial charge in [0.2, 0.25) is 0 Å². The predicted octanol–water partition coefficient (Wildman–Crippen LogP) is 4.73. The topological polar surface area (TPSA) is 80.8 Å². The van der Waals surface area contributed by atoms with Crippen molar-refractivity contribution in [2.24, 2.45) is 0 Å². The summed E-state index contributed by atoms with van der Waals surface area (Å²) in [5, 5.41) is 2.89. The monoisotopic (exact) mass is 425 g/mol. The summed E-state index contributed by atoms with van der Waals surface area (Å²) in [4.78, 5) is 30.8. The van der Waals surface area contributed by atoms with Gasteiger partial charge < -0.3 is 19.7 Å². The zero-order chi connectivity index (χ0) is 22.6. The zero-order valence-corrected chi connectivity index (χ0v) is 18.9. The Kier molecular flexibility index (Phi) is 6.83. The minimum atomic E-state index is -0.493. The maximum atomic E-state index is 12.5. The molecule has 1 fully saturated rings. The highest BCUT2D eigenvalue weighted by molar-refractivity contribution is 6.04. The molecular weight excluding hydrogens is 394 g/mol. The number of nitrogens with zero attached hydrogens (tertiary/aromatic N) is 2. The Morgan fingerprint density at radius 3 is 2.26 bits per heavy atom. The summed E-state index contributed by atoms with van der Waals surface area (Å²) in [6.45, 7) is 10.6. The highest BCUT2D eigenvalue weighted by Gasteiger charge is 2.27. The lowest BCUT2D eigenvalue weighted by Crippen LogP contribution is -2.44. The van der Waals surface area contributed by atoms with Gasteiger partial charge in [-0.2, -0.15) is 0 Å². The second-order valence-electron chi connectivity index (χ2n) is 8.85. The van der Waals surface area contributed by atoms with E-state index < -0.39 is 5.60 Å². The minimum absolute atomic E-state index is 0.0274. The van der Waals surface area contributed by atoms with E-state index in [4.69, 9.17) is 9.47 Å². The number of benzene rings is 1. The molecule has 0 unspecified atom stereocenters. The molecule has 0 radical (unpaired) electrons. The summed E-state index contributed by atoms with van der Waals surface area (Å²) in [5.41, 5.74) is 2.45. The normalized spacial score (nSPS) is 14.8. The molecule has 2 heterocycles. The van der Waals surface area contributed by atoms with Crippen LogP contribution < -0.4 is 10.1 Å². The van der Waals surface area contributed by atoms with E-state index in [0.29, 0.717) is 30.1 Å². The molecule has 0 spiro atoms. The zero-order valence-electron chi connectivity index (χ0n) is 18.9. The van der Waals surface area contributed by atoms with Crippen molar-refractivity contribution in [1.82, 2.24) is 9.88 Å². The molecule has 1 aliphatic rings. The third kappa shape index (κ3) is 6.44. The highest BCUT2D eigenvalue weighted by atomic mass is 16.6. The first-order chi connectivity index (χ1) is 14.6. The van der Waals surface area contributed by atoms with Crippen LogP contribution in [0.5, 0.6) is 5.75 Å². The minimum Gasteiger partial charge on any atom is -0.490 e. The summed E-state index contributed by atoms with van der Waals surface area (Å²) in [6.07, 6.45) is 1.22. The van der Waals surface area contributed by atoms with Gasteiger partial charge in [0, 0.05) is 37.2 Å². The summed E-state index contributed by atoms with van der Waals surface area (Å²) in [6, 6.07) is 10.8. The lowest BCUT2D eigenvalue weighted by molar-refractivity contribution is 0.0126. The fraction of sp³-hybridized carbons (Fsp3) is 0.458. The summed E-state index contributed by atoms with van der Waals surface area (Å²) in [5.74, 6) is 0.520. The second kappa shape index (κ2) is 9.37. The van der Waals surface area contributed by atoms with Crippen LogP contribution in [0.2, 0.25) is 0 Å². The fourth-order valence-corrected chi connectivity index (χ4v) is 3.37. The molecule has 7 heteroatoms. The molecule has 1 N–H and O–H groups in total. The molecule has 166 valence electrons. The van der Waals surface area contributed by atoms with Gasteiger partial charge in [0.25, 0.3) is 5.91 Å². The smallest absolute Gasteiger partial charge is 0.410 e. The van der Waals surface area contributed by atoms with E-state index in [1.165, 1.54) is 0 Å². The van der Waals surface area contributed by atoms with Crippen LogP contribution >= 0.6 is 0 Å². The van der Waals surface area contributed by atoms with Crippen molar-refractivity contribution in [2.45, 2.75) is 59.2 Å². The van der Waals surface area contributed by atoms with Crippen molar-refractivity contribution in [3.8, 4) is 5.75 Å². The number of aryl methyl sites for hydroxylation is 2. The quantitative estimate of drug-likeness (QED) is 0.766. The Morgan fingerprint density at radius 2 is 1.68 bits per heavy atom. The standard InChI is InChI=1S/C24H31N3O4/c1-16-6-11-21(17(2)25-16)26-22(28)18-7-9-19(10-8-18)30-20-12-14-27(15-13-20)23(29)31-24(3,4)5/h6-11,20H,12-15H2,1-5H3,(H,26,28). The molecule has 3 rings (SSSR count). The first kappa shape index (κ1) is 22.6. The van der Waals surface area contributed by atoms with Crippen LogP contribution in [0.15, 0.2) is 36.4 Å². The van der Waals surface area contributed by atoms with E-state index >= 15 is 0 Å². The Hall–Kier alpha value is -3.09. The van der Waals surface area contributed by atoms with E-state index in [2.05, 4.69) is 10.3 Å². The van der Waals surface area contributed by atoms with Crippen molar-refractivity contribution in [3.63, 3.8) is 0 Å². The van der Waals surface area contributed by atoms with Crippen molar-refractivity contribution in [3.05, 3.63) is 53.3 Å². The summed E-state index contributed by atoms with van der Waals surface area (Å²) < 4.78 is 11.5. The molecular formula is C24H31N3O4. The number of likely N-dealkylation sites (tertiary alicyclic amines) is 1. The molecule has 1 aromatic heterocycles. The molecule has 1 saturated heterocycles. The summed E-state index contributed by atoms with van der Waals surface area (Å²) >= 11 is 0. The van der Waals surface area contributed by atoms with Crippen molar-refractivity contribution in [1.29, 1.82) is 0 Å². The Bertz CT molecular complexity index is 927. The molecule has 2 aromatic rings. The van der Waals surface area contributed by atoms with Crippen LogP contribution in [0, 0.1) is 13.8 Å². The largest absolute Gasteiger partial charge is 0.490 e. The van der Waals surface area contributed by atoms with Crippen molar-refractivity contribution < 1.29 is 19.1 Å². The first-order valence-corrected chi connectivity index (χ1v) is 10.6. The van der Waals surface area contributed by atoms with Crippen LogP contribution in [0.25, 0.3) is 0 Å².